The van der Waals surface area contributed by atoms with E-state index in [9.17, 15) is 28.5 Å². The van der Waals surface area contributed by atoms with Crippen LogP contribution < -0.4 is 0 Å². The number of unbranched alkanes of at least 4 members (excludes halogenated alkanes) is 3. The van der Waals surface area contributed by atoms with Crippen LogP contribution in [0.5, 0.6) is 5.75 Å². The number of aliphatic hydroxyl groups excluding tert-OH is 2. The van der Waals surface area contributed by atoms with Crippen molar-refractivity contribution >= 4 is 0 Å². The standard InChI is InChI=1S/C28H39F3O3/c1-3-27-15-14-18-16-20(32)10-11-21(18)25(27)19(17-26(2)22(27)12-13-23(26)33)8-6-4-5-7-9-24(34)28(29,30)31/h3,10-11,16,19,22-25,32-34H,1,4-9,12-15,17H2,2H3/t19-,22+,23-,24+,25+,26-,27+/m0/s1. The number of fused-ring (bicyclic) bond motifs is 5. The third kappa shape index (κ3) is 4.41. The number of aryl methyl sites for hydroxylation is 1. The summed E-state index contributed by atoms with van der Waals surface area (Å²) in [6.07, 6.45) is 3.21. The fourth-order valence-corrected chi connectivity index (χ4v) is 7.95. The third-order valence-corrected chi connectivity index (χ3v) is 9.54. The number of hydrogen-bond acceptors (Lipinski definition) is 3. The zero-order valence-electron chi connectivity index (χ0n) is 20.2. The topological polar surface area (TPSA) is 60.7 Å². The first-order valence-corrected chi connectivity index (χ1v) is 12.9. The monoisotopic (exact) mass is 480 g/mol. The van der Waals surface area contributed by atoms with E-state index < -0.39 is 12.3 Å². The molecule has 0 unspecified atom stereocenters. The van der Waals surface area contributed by atoms with E-state index in [1.54, 1.807) is 6.07 Å². The number of aliphatic hydroxyl groups is 2. The van der Waals surface area contributed by atoms with Crippen LogP contribution in [0.1, 0.15) is 88.2 Å². The molecule has 2 fully saturated rings. The maximum atomic E-state index is 12.5. The second kappa shape index (κ2) is 9.50. The van der Waals surface area contributed by atoms with Gasteiger partial charge in [-0.3, -0.25) is 0 Å². The average molecular weight is 481 g/mol. The summed E-state index contributed by atoms with van der Waals surface area (Å²) < 4.78 is 37.6. The van der Waals surface area contributed by atoms with Crippen LogP contribution in [0.25, 0.3) is 0 Å². The Morgan fingerprint density at radius 2 is 1.91 bits per heavy atom. The largest absolute Gasteiger partial charge is 0.508 e. The van der Waals surface area contributed by atoms with E-state index in [1.807, 2.05) is 6.07 Å². The van der Waals surface area contributed by atoms with E-state index in [-0.39, 0.29) is 29.3 Å². The lowest BCUT2D eigenvalue weighted by atomic mass is 9.44. The first-order valence-electron chi connectivity index (χ1n) is 12.9. The third-order valence-electron chi connectivity index (χ3n) is 9.54. The van der Waals surface area contributed by atoms with E-state index in [0.717, 1.165) is 51.4 Å². The molecule has 3 aliphatic carbocycles. The van der Waals surface area contributed by atoms with Gasteiger partial charge >= 0.3 is 6.18 Å². The van der Waals surface area contributed by atoms with Crippen molar-refractivity contribution in [3.05, 3.63) is 42.0 Å². The molecule has 34 heavy (non-hydrogen) atoms. The lowest BCUT2D eigenvalue weighted by molar-refractivity contribution is -0.205. The zero-order chi connectivity index (χ0) is 24.7. The summed E-state index contributed by atoms with van der Waals surface area (Å²) in [6.45, 7) is 6.56. The predicted octanol–water partition coefficient (Wildman–Crippen LogP) is 6.66. The van der Waals surface area contributed by atoms with Crippen LogP contribution in [-0.2, 0) is 6.42 Å². The molecule has 7 atom stereocenters. The SMILES string of the molecule is C=C[C@]12CCc3cc(O)ccc3[C@H]1[C@@H](CCCCCC[C@@H](O)C(F)(F)F)C[C@@]1(C)[C@H]2CC[C@@H]1O. The van der Waals surface area contributed by atoms with Gasteiger partial charge in [0.15, 0.2) is 0 Å². The van der Waals surface area contributed by atoms with Crippen LogP contribution in [0.15, 0.2) is 30.9 Å². The molecule has 1 aromatic carbocycles. The molecule has 3 nitrogen and oxygen atoms in total. The highest BCUT2D eigenvalue weighted by molar-refractivity contribution is 5.43. The number of halogens is 3. The highest BCUT2D eigenvalue weighted by atomic mass is 19.4. The lowest BCUT2D eigenvalue weighted by Crippen LogP contribution is -2.54. The van der Waals surface area contributed by atoms with Crippen molar-refractivity contribution in [1.82, 2.24) is 0 Å². The molecule has 0 radical (unpaired) electrons. The summed E-state index contributed by atoms with van der Waals surface area (Å²) in [5.41, 5.74) is 2.26. The summed E-state index contributed by atoms with van der Waals surface area (Å²) in [5.74, 6) is 1.29. The molecule has 0 aromatic heterocycles. The molecule has 0 saturated heterocycles. The predicted molar refractivity (Wildman–Crippen MR) is 127 cm³/mol. The zero-order valence-corrected chi connectivity index (χ0v) is 20.2. The Bertz CT molecular complexity index is 884. The van der Waals surface area contributed by atoms with Crippen LogP contribution in [0.3, 0.4) is 0 Å². The van der Waals surface area contributed by atoms with Crippen LogP contribution >= 0.6 is 0 Å². The Morgan fingerprint density at radius 3 is 2.62 bits per heavy atom. The van der Waals surface area contributed by atoms with Gasteiger partial charge < -0.3 is 15.3 Å². The van der Waals surface area contributed by atoms with Gasteiger partial charge in [-0.2, -0.15) is 13.2 Å². The summed E-state index contributed by atoms with van der Waals surface area (Å²) >= 11 is 0. The molecule has 6 heteroatoms. The van der Waals surface area contributed by atoms with Crippen molar-refractivity contribution in [1.29, 1.82) is 0 Å². The lowest BCUT2D eigenvalue weighted by Gasteiger charge is -2.60. The minimum Gasteiger partial charge on any atom is -0.508 e. The molecule has 190 valence electrons. The van der Waals surface area contributed by atoms with E-state index >= 15 is 0 Å². The van der Waals surface area contributed by atoms with Gasteiger partial charge in [-0.1, -0.05) is 44.7 Å². The summed E-state index contributed by atoms with van der Waals surface area (Å²) in [4.78, 5) is 0. The summed E-state index contributed by atoms with van der Waals surface area (Å²) in [7, 11) is 0. The van der Waals surface area contributed by atoms with Crippen LogP contribution in [-0.4, -0.2) is 33.7 Å². The molecular formula is C28H39F3O3. The second-order valence-electron chi connectivity index (χ2n) is 11.3. The molecular weight excluding hydrogens is 441 g/mol. The van der Waals surface area contributed by atoms with Gasteiger partial charge in [0.05, 0.1) is 6.10 Å². The minimum absolute atomic E-state index is 0.0874. The van der Waals surface area contributed by atoms with Crippen molar-refractivity contribution in [2.75, 3.05) is 0 Å². The normalized spacial score (nSPS) is 35.8. The maximum Gasteiger partial charge on any atom is 0.414 e. The molecule has 3 N–H and O–H groups in total. The van der Waals surface area contributed by atoms with Gasteiger partial charge in [-0.15, -0.1) is 6.58 Å². The number of alkyl halides is 3. The van der Waals surface area contributed by atoms with Crippen molar-refractivity contribution in [2.45, 2.75) is 102 Å². The first kappa shape index (κ1) is 25.6. The number of phenolic OH excluding ortho intramolecular Hbond substituents is 1. The number of benzene rings is 1. The number of allylic oxidation sites excluding steroid dienone is 1. The van der Waals surface area contributed by atoms with E-state index in [4.69, 9.17) is 0 Å². The second-order valence-corrected chi connectivity index (χ2v) is 11.3. The molecule has 0 spiro atoms. The van der Waals surface area contributed by atoms with Crippen LogP contribution in [0.2, 0.25) is 0 Å². The molecule has 0 bridgehead atoms. The Morgan fingerprint density at radius 1 is 1.18 bits per heavy atom. The number of hydrogen-bond donors (Lipinski definition) is 3. The van der Waals surface area contributed by atoms with E-state index in [1.165, 1.54) is 11.1 Å². The average Bonchev–Trinajstić information content (AvgIpc) is 3.09. The van der Waals surface area contributed by atoms with Crippen LogP contribution in [0, 0.1) is 22.7 Å². The molecule has 4 rings (SSSR count). The Labute approximate surface area is 201 Å². The van der Waals surface area contributed by atoms with Crippen molar-refractivity contribution < 1.29 is 28.5 Å². The fraction of sp³-hybridized carbons (Fsp3) is 0.714. The molecule has 2 saturated carbocycles. The van der Waals surface area contributed by atoms with Gasteiger partial charge in [0.25, 0.3) is 0 Å². The fourth-order valence-electron chi connectivity index (χ4n) is 7.95. The highest BCUT2D eigenvalue weighted by Crippen LogP contribution is 2.69. The van der Waals surface area contributed by atoms with Gasteiger partial charge in [0, 0.05) is 0 Å². The summed E-state index contributed by atoms with van der Waals surface area (Å²) in [5, 5.41) is 30.3. The van der Waals surface area contributed by atoms with Gasteiger partial charge in [0.1, 0.15) is 11.9 Å². The number of rotatable bonds is 8. The Hall–Kier alpha value is -1.53. The summed E-state index contributed by atoms with van der Waals surface area (Å²) in [6, 6.07) is 5.74. The van der Waals surface area contributed by atoms with Crippen molar-refractivity contribution in [3.63, 3.8) is 0 Å². The Balaban J connectivity index is 1.51. The van der Waals surface area contributed by atoms with Gasteiger partial charge in [-0.05, 0) is 96.8 Å². The molecule has 3 aliphatic rings. The van der Waals surface area contributed by atoms with Gasteiger partial charge in [0.2, 0.25) is 0 Å². The molecule has 1 aromatic rings. The number of aromatic hydroxyl groups is 1. The quantitative estimate of drug-likeness (QED) is 0.288. The van der Waals surface area contributed by atoms with E-state index in [2.05, 4.69) is 25.6 Å². The maximum absolute atomic E-state index is 12.5. The smallest absolute Gasteiger partial charge is 0.414 e. The minimum atomic E-state index is -4.53. The van der Waals surface area contributed by atoms with Gasteiger partial charge in [-0.25, -0.2) is 0 Å². The Kier molecular flexibility index (Phi) is 7.14. The number of phenols is 1. The van der Waals surface area contributed by atoms with Crippen molar-refractivity contribution in [2.24, 2.45) is 22.7 Å². The molecule has 0 aliphatic heterocycles. The first-order chi connectivity index (χ1) is 16.0. The molecule has 0 heterocycles. The molecule has 0 amide bonds. The van der Waals surface area contributed by atoms with Crippen molar-refractivity contribution in [3.8, 4) is 5.75 Å². The van der Waals surface area contributed by atoms with Crippen LogP contribution in [0.4, 0.5) is 13.2 Å². The highest BCUT2D eigenvalue weighted by Gasteiger charge is 2.63. The van der Waals surface area contributed by atoms with E-state index in [0.29, 0.717) is 30.4 Å².